The molecule has 0 aliphatic carbocycles. The molecule has 1 amide bonds. The van der Waals surface area contributed by atoms with Gasteiger partial charge in [0.1, 0.15) is 12.2 Å². The number of hydrogen-bond donors (Lipinski definition) is 1. The number of amides is 1. The van der Waals surface area contributed by atoms with E-state index in [0.717, 1.165) is 27.8 Å². The molecule has 0 radical (unpaired) electrons. The Hall–Kier alpha value is -3.41. The van der Waals surface area contributed by atoms with Crippen LogP contribution in [0.1, 0.15) is 11.5 Å². The van der Waals surface area contributed by atoms with Crippen molar-refractivity contribution in [3.05, 3.63) is 66.1 Å². The number of carbonyl (C=O) groups excluding carboxylic acids is 1. The first-order chi connectivity index (χ1) is 12.6. The maximum atomic E-state index is 12.6. The first-order valence-corrected chi connectivity index (χ1v) is 8.35. The topological polar surface area (TPSA) is 73.0 Å². The number of hydrogen-bond acceptors (Lipinski definition) is 4. The van der Waals surface area contributed by atoms with E-state index >= 15 is 0 Å². The predicted octanol–water partition coefficient (Wildman–Crippen LogP) is 3.95. The molecule has 0 spiro atoms. The van der Waals surface area contributed by atoms with Gasteiger partial charge in [-0.3, -0.25) is 4.79 Å². The lowest BCUT2D eigenvalue weighted by Crippen LogP contribution is -2.19. The Morgan fingerprint density at radius 3 is 2.58 bits per heavy atom. The van der Waals surface area contributed by atoms with Crippen LogP contribution in [0.25, 0.3) is 22.5 Å². The lowest BCUT2D eigenvalue weighted by atomic mass is 10.2. The van der Waals surface area contributed by atoms with Crippen LogP contribution in [-0.2, 0) is 11.3 Å². The number of para-hydroxylation sites is 1. The van der Waals surface area contributed by atoms with E-state index in [0.29, 0.717) is 11.8 Å². The van der Waals surface area contributed by atoms with Crippen LogP contribution in [0.15, 0.2) is 59.0 Å². The Balaban J connectivity index is 1.68. The first-order valence-electron chi connectivity index (χ1n) is 8.35. The first kappa shape index (κ1) is 16.1. The van der Waals surface area contributed by atoms with E-state index in [2.05, 4.69) is 15.5 Å². The predicted molar refractivity (Wildman–Crippen MR) is 99.8 cm³/mol. The molecule has 4 rings (SSSR count). The molecule has 0 aliphatic heterocycles. The number of aromatic nitrogens is 3. The summed E-state index contributed by atoms with van der Waals surface area (Å²) < 4.78 is 7.47. The summed E-state index contributed by atoms with van der Waals surface area (Å²) in [6.45, 7) is 3.90. The summed E-state index contributed by atoms with van der Waals surface area (Å²) in [4.78, 5) is 12.6. The smallest absolute Gasteiger partial charge is 0.264 e. The second-order valence-electron chi connectivity index (χ2n) is 6.21. The van der Waals surface area contributed by atoms with Gasteiger partial charge in [-0.05, 0) is 31.2 Å². The highest BCUT2D eigenvalue weighted by Gasteiger charge is 2.17. The number of aryl methyl sites for hydroxylation is 2. The van der Waals surface area contributed by atoms with Crippen molar-refractivity contribution in [2.24, 2.45) is 0 Å². The summed E-state index contributed by atoms with van der Waals surface area (Å²) in [6, 6.07) is 17.5. The molecule has 2 heterocycles. The van der Waals surface area contributed by atoms with Crippen molar-refractivity contribution in [2.45, 2.75) is 20.4 Å². The highest BCUT2D eigenvalue weighted by Crippen LogP contribution is 2.27. The Morgan fingerprint density at radius 1 is 1.08 bits per heavy atom. The fourth-order valence-corrected chi connectivity index (χ4v) is 2.94. The quantitative estimate of drug-likeness (QED) is 0.607. The lowest BCUT2D eigenvalue weighted by Gasteiger charge is -2.10. The van der Waals surface area contributed by atoms with Gasteiger partial charge in [0.25, 0.3) is 5.89 Å². The molecule has 130 valence electrons. The molecule has 2 aromatic heterocycles. The minimum atomic E-state index is -0.118. The van der Waals surface area contributed by atoms with Crippen molar-refractivity contribution < 1.29 is 9.21 Å². The fraction of sp³-hybridized carbons (Fsp3) is 0.150. The summed E-state index contributed by atoms with van der Waals surface area (Å²) in [5.74, 6) is 0.774. The number of fused-ring (bicyclic) bond motifs is 1. The largest absolute Gasteiger partial charge is 0.420 e. The fourth-order valence-electron chi connectivity index (χ4n) is 2.94. The van der Waals surface area contributed by atoms with Gasteiger partial charge in [-0.25, -0.2) is 0 Å². The molecule has 0 saturated heterocycles. The molecule has 6 heteroatoms. The van der Waals surface area contributed by atoms with Crippen LogP contribution in [0, 0.1) is 13.8 Å². The summed E-state index contributed by atoms with van der Waals surface area (Å²) >= 11 is 0. The second-order valence-corrected chi connectivity index (χ2v) is 6.21. The van der Waals surface area contributed by atoms with E-state index in [9.17, 15) is 4.79 Å². The van der Waals surface area contributed by atoms with Gasteiger partial charge in [0.2, 0.25) is 11.8 Å². The molecule has 0 atom stereocenters. The average Bonchev–Trinajstić information content (AvgIpc) is 3.21. The summed E-state index contributed by atoms with van der Waals surface area (Å²) in [5, 5.41) is 11.9. The van der Waals surface area contributed by atoms with Crippen molar-refractivity contribution in [3.8, 4) is 11.6 Å². The van der Waals surface area contributed by atoms with E-state index < -0.39 is 0 Å². The third kappa shape index (κ3) is 3.09. The standard InChI is InChI=1S/C20H18N4O2/c1-13-7-9-16(10-8-13)21-19(25)12-24-17-6-4-3-5-15(17)11-18(24)20-23-22-14(2)26-20/h3-11H,12H2,1-2H3,(H,21,25). The van der Waals surface area contributed by atoms with E-state index in [4.69, 9.17) is 4.42 Å². The normalized spacial score (nSPS) is 11.0. The second kappa shape index (κ2) is 6.48. The Morgan fingerprint density at radius 2 is 1.85 bits per heavy atom. The number of benzene rings is 2. The minimum absolute atomic E-state index is 0.118. The molecule has 1 N–H and O–H groups in total. The summed E-state index contributed by atoms with van der Waals surface area (Å²) in [7, 11) is 0. The molecule has 2 aromatic carbocycles. The van der Waals surface area contributed by atoms with Crippen molar-refractivity contribution in [1.82, 2.24) is 14.8 Å². The van der Waals surface area contributed by atoms with Crippen LogP contribution in [-0.4, -0.2) is 20.7 Å². The van der Waals surface area contributed by atoms with Crippen molar-refractivity contribution in [3.63, 3.8) is 0 Å². The number of rotatable bonds is 4. The van der Waals surface area contributed by atoms with Crippen LogP contribution in [0.5, 0.6) is 0 Å². The summed E-state index contributed by atoms with van der Waals surface area (Å²) in [5.41, 5.74) is 3.59. The molecule has 0 saturated carbocycles. The van der Waals surface area contributed by atoms with E-state index in [1.54, 1.807) is 6.92 Å². The zero-order chi connectivity index (χ0) is 18.1. The zero-order valence-electron chi connectivity index (χ0n) is 14.6. The van der Waals surface area contributed by atoms with Crippen LogP contribution in [0.2, 0.25) is 0 Å². The van der Waals surface area contributed by atoms with E-state index in [1.807, 2.05) is 66.1 Å². The highest BCUT2D eigenvalue weighted by atomic mass is 16.4. The number of carbonyl (C=O) groups is 1. The maximum absolute atomic E-state index is 12.6. The van der Waals surface area contributed by atoms with Crippen molar-refractivity contribution >= 4 is 22.5 Å². The molecule has 0 unspecified atom stereocenters. The van der Waals surface area contributed by atoms with Gasteiger partial charge >= 0.3 is 0 Å². The summed E-state index contributed by atoms with van der Waals surface area (Å²) in [6.07, 6.45) is 0. The van der Waals surface area contributed by atoms with Gasteiger partial charge in [0, 0.05) is 23.5 Å². The van der Waals surface area contributed by atoms with Gasteiger partial charge in [-0.2, -0.15) is 0 Å². The molecule has 0 fully saturated rings. The Bertz CT molecular complexity index is 1080. The molecule has 0 bridgehead atoms. The van der Waals surface area contributed by atoms with Crippen LogP contribution >= 0.6 is 0 Å². The molecular formula is C20H18N4O2. The van der Waals surface area contributed by atoms with Gasteiger partial charge in [0.05, 0.1) is 0 Å². The average molecular weight is 346 g/mol. The molecule has 0 aliphatic rings. The lowest BCUT2D eigenvalue weighted by molar-refractivity contribution is -0.116. The van der Waals surface area contributed by atoms with Crippen LogP contribution in [0.4, 0.5) is 5.69 Å². The number of nitrogens with one attached hydrogen (secondary N) is 1. The number of nitrogens with zero attached hydrogens (tertiary/aromatic N) is 3. The van der Waals surface area contributed by atoms with Crippen molar-refractivity contribution in [1.29, 1.82) is 0 Å². The Kier molecular flexibility index (Phi) is 4.01. The number of anilines is 1. The van der Waals surface area contributed by atoms with Gasteiger partial charge < -0.3 is 14.3 Å². The Labute approximate surface area is 150 Å². The molecule has 26 heavy (non-hydrogen) atoms. The third-order valence-electron chi connectivity index (χ3n) is 4.19. The van der Waals surface area contributed by atoms with Gasteiger partial charge in [-0.1, -0.05) is 35.9 Å². The maximum Gasteiger partial charge on any atom is 0.264 e. The minimum Gasteiger partial charge on any atom is -0.420 e. The van der Waals surface area contributed by atoms with E-state index in [-0.39, 0.29) is 12.5 Å². The SMILES string of the molecule is Cc1ccc(NC(=O)Cn2c(-c3nnc(C)o3)cc3ccccc32)cc1. The molecular weight excluding hydrogens is 328 g/mol. The van der Waals surface area contributed by atoms with Crippen molar-refractivity contribution in [2.75, 3.05) is 5.32 Å². The third-order valence-corrected chi connectivity index (χ3v) is 4.19. The molecule has 4 aromatic rings. The van der Waals surface area contributed by atoms with Crippen LogP contribution < -0.4 is 5.32 Å². The van der Waals surface area contributed by atoms with Gasteiger partial charge in [-0.15, -0.1) is 10.2 Å². The highest BCUT2D eigenvalue weighted by molar-refractivity contribution is 5.93. The van der Waals surface area contributed by atoms with Gasteiger partial charge in [0.15, 0.2) is 0 Å². The van der Waals surface area contributed by atoms with Crippen LogP contribution in [0.3, 0.4) is 0 Å². The zero-order valence-corrected chi connectivity index (χ0v) is 14.6. The van der Waals surface area contributed by atoms with E-state index in [1.165, 1.54) is 0 Å². The molecule has 6 nitrogen and oxygen atoms in total. The monoisotopic (exact) mass is 346 g/mol.